The zero-order chi connectivity index (χ0) is 18.3. The molecular formula is C18H12F3N3S2. The van der Waals surface area contributed by atoms with Gasteiger partial charge in [0.15, 0.2) is 0 Å². The Labute approximate surface area is 155 Å². The molecule has 0 saturated heterocycles. The Hall–Kier alpha value is -2.45. The monoisotopic (exact) mass is 391 g/mol. The summed E-state index contributed by atoms with van der Waals surface area (Å²) in [6, 6.07) is 12.8. The Kier molecular flexibility index (Phi) is 4.16. The van der Waals surface area contributed by atoms with E-state index in [2.05, 4.69) is 35.2 Å². The highest BCUT2D eigenvalue weighted by Crippen LogP contribution is 2.37. The third kappa shape index (κ3) is 3.30. The summed E-state index contributed by atoms with van der Waals surface area (Å²) in [5.41, 5.74) is 0.605. The Morgan fingerprint density at radius 3 is 2.23 bits per heavy atom. The number of nitrogens with one attached hydrogen (secondary N) is 1. The van der Waals surface area contributed by atoms with Gasteiger partial charge >= 0.3 is 6.18 Å². The summed E-state index contributed by atoms with van der Waals surface area (Å²) in [5.74, 6) is 0. The van der Waals surface area contributed by atoms with Crippen LogP contribution in [-0.2, 0) is 6.18 Å². The normalized spacial score (nSPS) is 11.8. The van der Waals surface area contributed by atoms with Crippen molar-refractivity contribution in [3.63, 3.8) is 0 Å². The molecule has 0 aliphatic rings. The highest BCUT2D eigenvalue weighted by Gasteiger charge is 2.33. The number of H-pyrrole nitrogens is 1. The van der Waals surface area contributed by atoms with Crippen LogP contribution in [0.1, 0.15) is 10.6 Å². The first kappa shape index (κ1) is 17.0. The summed E-state index contributed by atoms with van der Waals surface area (Å²) in [4.78, 5) is 8.99. The first-order chi connectivity index (χ1) is 12.4. The predicted octanol–water partition coefficient (Wildman–Crippen LogP) is 6.26. The average Bonchev–Trinajstić information content (AvgIpc) is 3.34. The lowest BCUT2D eigenvalue weighted by atomic mass is 10.2. The largest absolute Gasteiger partial charge is 0.432 e. The van der Waals surface area contributed by atoms with Crippen molar-refractivity contribution in [2.24, 2.45) is 0 Å². The van der Waals surface area contributed by atoms with Crippen molar-refractivity contribution in [2.75, 3.05) is 0 Å². The SMILES string of the molecule is Cc1ccc(-c2ccc(-c3ccc(-c4cc(C(F)(F)F)[nH]n4)nc3)s2)s1. The van der Waals surface area contributed by atoms with Crippen molar-refractivity contribution in [1.82, 2.24) is 15.2 Å². The molecule has 4 rings (SSSR count). The van der Waals surface area contributed by atoms with Crippen LogP contribution in [0, 0.1) is 6.92 Å². The summed E-state index contributed by atoms with van der Waals surface area (Å²) in [6.07, 6.45) is -2.79. The second kappa shape index (κ2) is 6.37. The summed E-state index contributed by atoms with van der Waals surface area (Å²) in [5, 5.41) is 5.70. The molecule has 0 aliphatic carbocycles. The van der Waals surface area contributed by atoms with Crippen molar-refractivity contribution in [3.8, 4) is 31.6 Å². The van der Waals surface area contributed by atoms with E-state index in [0.29, 0.717) is 5.69 Å². The van der Waals surface area contributed by atoms with Gasteiger partial charge in [0.1, 0.15) is 11.4 Å². The number of pyridine rings is 1. The van der Waals surface area contributed by atoms with Gasteiger partial charge in [0.05, 0.1) is 5.69 Å². The molecule has 0 aliphatic heterocycles. The zero-order valence-electron chi connectivity index (χ0n) is 13.5. The van der Waals surface area contributed by atoms with Gasteiger partial charge in [-0.25, -0.2) is 0 Å². The molecule has 0 aromatic carbocycles. The minimum atomic E-state index is -4.45. The molecule has 0 bridgehead atoms. The first-order valence-electron chi connectivity index (χ1n) is 7.66. The molecule has 0 unspecified atom stereocenters. The minimum absolute atomic E-state index is 0.171. The lowest BCUT2D eigenvalue weighted by molar-refractivity contribution is -0.141. The third-order valence-electron chi connectivity index (χ3n) is 3.78. The highest BCUT2D eigenvalue weighted by atomic mass is 32.1. The van der Waals surface area contributed by atoms with Gasteiger partial charge in [0, 0.05) is 31.3 Å². The molecule has 3 nitrogen and oxygen atoms in total. The van der Waals surface area contributed by atoms with E-state index >= 15 is 0 Å². The van der Waals surface area contributed by atoms with Crippen LogP contribution in [0.5, 0.6) is 0 Å². The molecule has 0 amide bonds. The van der Waals surface area contributed by atoms with Crippen LogP contribution >= 0.6 is 22.7 Å². The number of halogens is 3. The number of aromatic nitrogens is 3. The molecule has 0 spiro atoms. The van der Waals surface area contributed by atoms with Gasteiger partial charge < -0.3 is 0 Å². The number of hydrogen-bond donors (Lipinski definition) is 1. The second-order valence-corrected chi connectivity index (χ2v) is 8.04. The van der Waals surface area contributed by atoms with Gasteiger partial charge in [0.25, 0.3) is 0 Å². The second-order valence-electron chi connectivity index (χ2n) is 5.67. The van der Waals surface area contributed by atoms with Crippen LogP contribution in [0.3, 0.4) is 0 Å². The van der Waals surface area contributed by atoms with Gasteiger partial charge in [0.2, 0.25) is 0 Å². The fourth-order valence-corrected chi connectivity index (χ4v) is 4.44. The first-order valence-corrected chi connectivity index (χ1v) is 9.29. The molecular weight excluding hydrogens is 379 g/mol. The smallest absolute Gasteiger partial charge is 0.273 e. The third-order valence-corrected chi connectivity index (χ3v) is 6.11. The van der Waals surface area contributed by atoms with Crippen LogP contribution in [-0.4, -0.2) is 15.2 Å². The van der Waals surface area contributed by atoms with E-state index in [-0.39, 0.29) is 5.69 Å². The molecule has 0 saturated carbocycles. The maximum atomic E-state index is 12.7. The number of rotatable bonds is 3. The quantitative estimate of drug-likeness (QED) is 0.448. The molecule has 0 atom stereocenters. The van der Waals surface area contributed by atoms with Crippen LogP contribution in [0.25, 0.3) is 31.6 Å². The van der Waals surface area contributed by atoms with Crippen LogP contribution in [0.4, 0.5) is 13.2 Å². The van der Waals surface area contributed by atoms with Crippen LogP contribution in [0.15, 0.2) is 48.7 Å². The lowest BCUT2D eigenvalue weighted by Crippen LogP contribution is -2.04. The average molecular weight is 391 g/mol. The molecule has 0 radical (unpaired) electrons. The molecule has 4 aromatic heterocycles. The summed E-state index contributed by atoms with van der Waals surface area (Å²) in [7, 11) is 0. The summed E-state index contributed by atoms with van der Waals surface area (Å²) >= 11 is 3.41. The van der Waals surface area contributed by atoms with E-state index < -0.39 is 11.9 Å². The van der Waals surface area contributed by atoms with E-state index in [9.17, 15) is 13.2 Å². The molecule has 8 heteroatoms. The molecule has 26 heavy (non-hydrogen) atoms. The Morgan fingerprint density at radius 2 is 1.62 bits per heavy atom. The van der Waals surface area contributed by atoms with Crippen molar-refractivity contribution in [1.29, 1.82) is 0 Å². The fraction of sp³-hybridized carbons (Fsp3) is 0.111. The van der Waals surface area contributed by atoms with Crippen molar-refractivity contribution < 1.29 is 13.2 Å². The van der Waals surface area contributed by atoms with Crippen molar-refractivity contribution in [2.45, 2.75) is 13.1 Å². The summed E-state index contributed by atoms with van der Waals surface area (Å²) in [6.45, 7) is 2.07. The van der Waals surface area contributed by atoms with Crippen molar-refractivity contribution in [3.05, 3.63) is 59.2 Å². The van der Waals surface area contributed by atoms with E-state index in [1.165, 1.54) is 14.6 Å². The van der Waals surface area contributed by atoms with Gasteiger partial charge in [-0.15, -0.1) is 22.7 Å². The number of aryl methyl sites for hydroxylation is 1. The number of nitrogens with zero attached hydrogens (tertiary/aromatic N) is 2. The standard InChI is InChI=1S/C18H12F3N3S2/c1-10-2-5-15(25-10)16-7-6-14(26-16)11-3-4-12(22-9-11)13-8-17(24-23-13)18(19,20)21/h2-9H,1H3,(H,23,24). The highest BCUT2D eigenvalue weighted by molar-refractivity contribution is 7.23. The summed E-state index contributed by atoms with van der Waals surface area (Å²) < 4.78 is 38.0. The van der Waals surface area contributed by atoms with Crippen LogP contribution < -0.4 is 0 Å². The predicted molar refractivity (Wildman–Crippen MR) is 98.2 cm³/mol. The van der Waals surface area contributed by atoms with Gasteiger partial charge in [-0.2, -0.15) is 18.3 Å². The molecule has 0 fully saturated rings. The lowest BCUT2D eigenvalue weighted by Gasteiger charge is -2.00. The Morgan fingerprint density at radius 1 is 0.885 bits per heavy atom. The van der Waals surface area contributed by atoms with Crippen molar-refractivity contribution >= 4 is 22.7 Å². The maximum Gasteiger partial charge on any atom is 0.432 e. The molecule has 4 aromatic rings. The molecule has 1 N–H and O–H groups in total. The molecule has 132 valence electrons. The van der Waals surface area contributed by atoms with Gasteiger partial charge in [-0.05, 0) is 49.4 Å². The number of aromatic amines is 1. The minimum Gasteiger partial charge on any atom is -0.273 e. The van der Waals surface area contributed by atoms with Crippen LogP contribution in [0.2, 0.25) is 0 Å². The van der Waals surface area contributed by atoms with E-state index in [1.54, 1.807) is 34.9 Å². The Balaban J connectivity index is 1.58. The number of thiophene rings is 2. The van der Waals surface area contributed by atoms with Gasteiger partial charge in [-0.3, -0.25) is 10.1 Å². The number of alkyl halides is 3. The Bertz CT molecular complexity index is 1040. The van der Waals surface area contributed by atoms with Gasteiger partial charge in [-0.1, -0.05) is 0 Å². The molecule has 4 heterocycles. The van der Waals surface area contributed by atoms with E-state index in [4.69, 9.17) is 0 Å². The fourth-order valence-electron chi connectivity index (χ4n) is 2.48. The van der Waals surface area contributed by atoms with E-state index in [1.807, 2.05) is 17.2 Å². The topological polar surface area (TPSA) is 41.6 Å². The van der Waals surface area contributed by atoms with E-state index in [0.717, 1.165) is 16.5 Å². The zero-order valence-corrected chi connectivity index (χ0v) is 15.1. The number of hydrogen-bond acceptors (Lipinski definition) is 4. The maximum absolute atomic E-state index is 12.7.